The third-order valence-electron chi connectivity index (χ3n) is 3.04. The topological polar surface area (TPSA) is 71.3 Å². The first-order valence-corrected chi connectivity index (χ1v) is 6.46. The Balaban J connectivity index is 1.84. The van der Waals surface area contributed by atoms with E-state index in [9.17, 15) is 14.0 Å². The fourth-order valence-corrected chi connectivity index (χ4v) is 1.99. The number of carbonyl (C=O) groups excluding carboxylic acids is 1. The molecular weight excluding hydrogens is 275 g/mol. The molecule has 0 atom stereocenters. The maximum Gasteiger partial charge on any atom is 0.352 e. The van der Waals surface area contributed by atoms with Crippen molar-refractivity contribution in [2.24, 2.45) is 0 Å². The molecule has 1 aromatic carbocycles. The highest BCUT2D eigenvalue weighted by molar-refractivity contribution is 5.86. The summed E-state index contributed by atoms with van der Waals surface area (Å²) in [6, 6.07) is 9.37. The zero-order valence-electron chi connectivity index (χ0n) is 11.3. The third-order valence-corrected chi connectivity index (χ3v) is 3.04. The summed E-state index contributed by atoms with van der Waals surface area (Å²) in [5.41, 5.74) is 0.587. The Hall–Kier alpha value is -2.63. The van der Waals surface area contributed by atoms with E-state index in [0.717, 1.165) is 0 Å². The normalized spacial score (nSPS) is 10.3. The molecule has 0 radical (unpaired) electrons. The lowest BCUT2D eigenvalue weighted by molar-refractivity contribution is -0.121. The second-order valence-electron chi connectivity index (χ2n) is 4.52. The number of benzene rings is 1. The number of rotatable bonds is 6. The fourth-order valence-electron chi connectivity index (χ4n) is 1.99. The van der Waals surface area contributed by atoms with Crippen LogP contribution in [0.1, 0.15) is 16.1 Å². The number of carboxylic acid groups (broad SMARTS) is 1. The van der Waals surface area contributed by atoms with Gasteiger partial charge in [-0.15, -0.1) is 0 Å². The summed E-state index contributed by atoms with van der Waals surface area (Å²) in [7, 11) is 0. The van der Waals surface area contributed by atoms with Gasteiger partial charge in [0, 0.05) is 12.7 Å². The number of hydrogen-bond acceptors (Lipinski definition) is 2. The first-order chi connectivity index (χ1) is 10.1. The quantitative estimate of drug-likeness (QED) is 0.850. The number of nitrogens with one attached hydrogen (secondary N) is 1. The van der Waals surface area contributed by atoms with Gasteiger partial charge in [0.2, 0.25) is 5.91 Å². The number of carbonyl (C=O) groups is 2. The monoisotopic (exact) mass is 290 g/mol. The lowest BCUT2D eigenvalue weighted by atomic mass is 10.1. The van der Waals surface area contributed by atoms with E-state index in [-0.39, 0.29) is 24.0 Å². The molecule has 0 aliphatic heterocycles. The summed E-state index contributed by atoms with van der Waals surface area (Å²) < 4.78 is 14.7. The van der Waals surface area contributed by atoms with Crippen LogP contribution in [0.25, 0.3) is 0 Å². The molecule has 2 aromatic rings. The lowest BCUT2D eigenvalue weighted by Crippen LogP contribution is -2.30. The number of aromatic carboxylic acids is 1. The highest BCUT2D eigenvalue weighted by Gasteiger charge is 2.11. The molecule has 6 heteroatoms. The number of hydrogen-bond donors (Lipinski definition) is 2. The van der Waals surface area contributed by atoms with Crippen LogP contribution in [0.5, 0.6) is 0 Å². The Bertz CT molecular complexity index is 652. The minimum absolute atomic E-state index is 0.0549. The zero-order valence-corrected chi connectivity index (χ0v) is 11.3. The van der Waals surface area contributed by atoms with Crippen LogP contribution in [0, 0.1) is 5.82 Å². The van der Waals surface area contributed by atoms with Gasteiger partial charge in [0.1, 0.15) is 18.1 Å². The van der Waals surface area contributed by atoms with Gasteiger partial charge < -0.3 is 15.0 Å². The van der Waals surface area contributed by atoms with Crippen LogP contribution < -0.4 is 5.32 Å². The summed E-state index contributed by atoms with van der Waals surface area (Å²) in [6.45, 7) is 0.218. The van der Waals surface area contributed by atoms with E-state index >= 15 is 0 Å². The Morgan fingerprint density at radius 1 is 1.19 bits per heavy atom. The van der Waals surface area contributed by atoms with Crippen molar-refractivity contribution < 1.29 is 19.1 Å². The van der Waals surface area contributed by atoms with Gasteiger partial charge in [-0.05, 0) is 30.2 Å². The van der Waals surface area contributed by atoms with E-state index in [2.05, 4.69) is 5.32 Å². The Morgan fingerprint density at radius 2 is 1.95 bits per heavy atom. The molecule has 0 spiro atoms. The van der Waals surface area contributed by atoms with Gasteiger partial charge >= 0.3 is 5.97 Å². The standard InChI is InChI=1S/C15H15FN2O3/c16-12-5-2-1-4-11(12)7-8-17-14(19)10-18-9-3-6-13(18)15(20)21/h1-6,9H,7-8,10H2,(H,17,19)(H,20,21). The first-order valence-electron chi connectivity index (χ1n) is 6.46. The average molecular weight is 290 g/mol. The van der Waals surface area contributed by atoms with Crippen molar-refractivity contribution in [3.63, 3.8) is 0 Å². The molecule has 21 heavy (non-hydrogen) atoms. The van der Waals surface area contributed by atoms with Crippen molar-refractivity contribution >= 4 is 11.9 Å². The van der Waals surface area contributed by atoms with Crippen LogP contribution in [0.3, 0.4) is 0 Å². The molecule has 110 valence electrons. The first kappa shape index (κ1) is 14.8. The number of nitrogens with zero attached hydrogens (tertiary/aromatic N) is 1. The van der Waals surface area contributed by atoms with E-state index in [0.29, 0.717) is 18.5 Å². The third kappa shape index (κ3) is 3.92. The number of halogens is 1. The van der Waals surface area contributed by atoms with Crippen molar-refractivity contribution in [3.05, 3.63) is 59.7 Å². The van der Waals surface area contributed by atoms with Crippen molar-refractivity contribution in [2.45, 2.75) is 13.0 Å². The molecule has 1 aromatic heterocycles. The molecule has 0 saturated carbocycles. The average Bonchev–Trinajstić information content (AvgIpc) is 2.89. The maximum atomic E-state index is 13.4. The van der Waals surface area contributed by atoms with Gasteiger partial charge in [-0.25, -0.2) is 9.18 Å². The number of aromatic nitrogens is 1. The minimum Gasteiger partial charge on any atom is -0.477 e. The van der Waals surface area contributed by atoms with Gasteiger partial charge in [0.25, 0.3) is 0 Å². The maximum absolute atomic E-state index is 13.4. The van der Waals surface area contributed by atoms with Crippen LogP contribution in [0.2, 0.25) is 0 Å². The second-order valence-corrected chi connectivity index (χ2v) is 4.52. The SMILES string of the molecule is O=C(Cn1cccc1C(=O)O)NCCc1ccccc1F. The molecule has 0 bridgehead atoms. The summed E-state index contributed by atoms with van der Waals surface area (Å²) >= 11 is 0. The molecule has 0 aliphatic rings. The molecule has 0 fully saturated rings. The van der Waals surface area contributed by atoms with Crippen LogP contribution >= 0.6 is 0 Å². The Kier molecular flexibility index (Phi) is 4.71. The summed E-state index contributed by atoms with van der Waals surface area (Å²) in [6.07, 6.45) is 1.91. The summed E-state index contributed by atoms with van der Waals surface area (Å²) in [5.74, 6) is -1.70. The molecule has 0 unspecified atom stereocenters. The van der Waals surface area contributed by atoms with E-state index in [4.69, 9.17) is 5.11 Å². The predicted molar refractivity (Wildman–Crippen MR) is 74.5 cm³/mol. The van der Waals surface area contributed by atoms with Crippen molar-refractivity contribution in [2.75, 3.05) is 6.54 Å². The zero-order chi connectivity index (χ0) is 15.2. The largest absolute Gasteiger partial charge is 0.477 e. The van der Waals surface area contributed by atoms with Crippen LogP contribution in [-0.2, 0) is 17.8 Å². The molecule has 2 N–H and O–H groups in total. The summed E-state index contributed by atoms with van der Waals surface area (Å²) in [4.78, 5) is 22.6. The van der Waals surface area contributed by atoms with E-state index in [1.54, 1.807) is 24.3 Å². The van der Waals surface area contributed by atoms with Crippen molar-refractivity contribution in [1.82, 2.24) is 9.88 Å². The van der Waals surface area contributed by atoms with E-state index < -0.39 is 5.97 Å². The van der Waals surface area contributed by atoms with Gasteiger partial charge in [-0.3, -0.25) is 4.79 Å². The molecule has 2 rings (SSSR count). The Labute approximate surface area is 121 Å². The molecule has 1 amide bonds. The van der Waals surface area contributed by atoms with E-state index in [1.165, 1.54) is 22.9 Å². The van der Waals surface area contributed by atoms with Crippen LogP contribution in [0.4, 0.5) is 4.39 Å². The lowest BCUT2D eigenvalue weighted by Gasteiger charge is -2.08. The fraction of sp³-hybridized carbons (Fsp3) is 0.200. The van der Waals surface area contributed by atoms with Crippen LogP contribution in [-0.4, -0.2) is 28.1 Å². The smallest absolute Gasteiger partial charge is 0.352 e. The van der Waals surface area contributed by atoms with Gasteiger partial charge in [0.05, 0.1) is 0 Å². The van der Waals surface area contributed by atoms with Crippen molar-refractivity contribution in [1.29, 1.82) is 0 Å². The molecule has 0 saturated heterocycles. The summed E-state index contributed by atoms with van der Waals surface area (Å²) in [5, 5.41) is 11.6. The highest BCUT2D eigenvalue weighted by Crippen LogP contribution is 2.06. The van der Waals surface area contributed by atoms with Gasteiger partial charge in [0.15, 0.2) is 0 Å². The molecule has 1 heterocycles. The predicted octanol–water partition coefficient (Wildman–Crippen LogP) is 1.68. The van der Waals surface area contributed by atoms with Crippen LogP contribution in [0.15, 0.2) is 42.6 Å². The van der Waals surface area contributed by atoms with Gasteiger partial charge in [-0.1, -0.05) is 18.2 Å². The minimum atomic E-state index is -1.08. The molecule has 5 nitrogen and oxygen atoms in total. The molecular formula is C15H15FN2O3. The number of amides is 1. The molecule has 0 aliphatic carbocycles. The Morgan fingerprint density at radius 3 is 2.67 bits per heavy atom. The second kappa shape index (κ2) is 6.69. The van der Waals surface area contributed by atoms with Crippen molar-refractivity contribution in [3.8, 4) is 0 Å². The van der Waals surface area contributed by atoms with E-state index in [1.807, 2.05) is 0 Å². The van der Waals surface area contributed by atoms with Gasteiger partial charge in [-0.2, -0.15) is 0 Å². The highest BCUT2D eigenvalue weighted by atomic mass is 19.1. The number of carboxylic acids is 1.